The molecule has 0 aliphatic heterocycles. The molecule has 0 fully saturated rings. The fourth-order valence-electron chi connectivity index (χ4n) is 2.28. The first-order chi connectivity index (χ1) is 9.02. The molecule has 0 aromatic carbocycles. The standard InChI is InChI=1S/C14H23N5/c1-6-19-9-13(7-16-19)10(2)17-11(3)14-8-15-18(5)12(14)4/h7-11,17H,6H2,1-5H3. The van der Waals surface area contributed by atoms with E-state index < -0.39 is 0 Å². The van der Waals surface area contributed by atoms with Crippen LogP contribution in [0.2, 0.25) is 0 Å². The normalized spacial score (nSPS) is 14.6. The minimum Gasteiger partial charge on any atom is -0.303 e. The van der Waals surface area contributed by atoms with E-state index in [1.807, 2.05) is 28.8 Å². The van der Waals surface area contributed by atoms with Crippen molar-refractivity contribution in [3.05, 3.63) is 35.4 Å². The average molecular weight is 261 g/mol. The Morgan fingerprint density at radius 1 is 1.21 bits per heavy atom. The molecule has 104 valence electrons. The van der Waals surface area contributed by atoms with Crippen molar-refractivity contribution in [2.45, 2.75) is 46.3 Å². The lowest BCUT2D eigenvalue weighted by atomic mass is 10.1. The molecule has 0 spiro atoms. The molecule has 0 aliphatic rings. The fourth-order valence-corrected chi connectivity index (χ4v) is 2.28. The smallest absolute Gasteiger partial charge is 0.0540 e. The van der Waals surface area contributed by atoms with Gasteiger partial charge in [-0.1, -0.05) is 0 Å². The van der Waals surface area contributed by atoms with Crippen LogP contribution in [-0.4, -0.2) is 19.6 Å². The van der Waals surface area contributed by atoms with E-state index in [4.69, 9.17) is 0 Å². The molecular formula is C14H23N5. The Morgan fingerprint density at radius 2 is 1.95 bits per heavy atom. The van der Waals surface area contributed by atoms with Gasteiger partial charge >= 0.3 is 0 Å². The summed E-state index contributed by atoms with van der Waals surface area (Å²) in [6, 6.07) is 0.545. The van der Waals surface area contributed by atoms with Crippen LogP contribution in [-0.2, 0) is 13.6 Å². The second kappa shape index (κ2) is 5.57. The van der Waals surface area contributed by atoms with Gasteiger partial charge in [-0.05, 0) is 27.7 Å². The van der Waals surface area contributed by atoms with Crippen molar-refractivity contribution >= 4 is 0 Å². The van der Waals surface area contributed by atoms with E-state index in [9.17, 15) is 0 Å². The van der Waals surface area contributed by atoms with E-state index in [1.165, 1.54) is 16.8 Å². The number of aromatic nitrogens is 4. The van der Waals surface area contributed by atoms with E-state index in [0.29, 0.717) is 0 Å². The zero-order valence-electron chi connectivity index (χ0n) is 12.4. The zero-order valence-corrected chi connectivity index (χ0v) is 12.4. The van der Waals surface area contributed by atoms with Gasteiger partial charge in [-0.3, -0.25) is 9.36 Å². The van der Waals surface area contributed by atoms with E-state index in [2.05, 4.69) is 49.4 Å². The second-order valence-corrected chi connectivity index (χ2v) is 5.05. The summed E-state index contributed by atoms with van der Waals surface area (Å²) in [7, 11) is 1.97. The van der Waals surface area contributed by atoms with Gasteiger partial charge in [0.15, 0.2) is 0 Å². The minimum atomic E-state index is 0.272. The second-order valence-electron chi connectivity index (χ2n) is 5.05. The number of nitrogens with zero attached hydrogens (tertiary/aromatic N) is 4. The first kappa shape index (κ1) is 13.8. The molecule has 2 heterocycles. The summed E-state index contributed by atoms with van der Waals surface area (Å²) in [5, 5.41) is 12.2. The van der Waals surface area contributed by atoms with Gasteiger partial charge in [-0.2, -0.15) is 10.2 Å². The summed E-state index contributed by atoms with van der Waals surface area (Å²) in [5.74, 6) is 0. The van der Waals surface area contributed by atoms with Crippen molar-refractivity contribution in [3.63, 3.8) is 0 Å². The highest BCUT2D eigenvalue weighted by Gasteiger charge is 2.16. The molecule has 2 aromatic rings. The minimum absolute atomic E-state index is 0.272. The van der Waals surface area contributed by atoms with Crippen LogP contribution in [0.25, 0.3) is 0 Å². The third-order valence-corrected chi connectivity index (χ3v) is 3.72. The molecule has 0 saturated carbocycles. The van der Waals surface area contributed by atoms with E-state index in [1.54, 1.807) is 0 Å². The van der Waals surface area contributed by atoms with Crippen molar-refractivity contribution in [1.82, 2.24) is 24.9 Å². The summed E-state index contributed by atoms with van der Waals surface area (Å²) >= 11 is 0. The Hall–Kier alpha value is -1.62. The van der Waals surface area contributed by atoms with Crippen molar-refractivity contribution < 1.29 is 0 Å². The molecule has 5 nitrogen and oxygen atoms in total. The maximum Gasteiger partial charge on any atom is 0.0540 e. The third kappa shape index (κ3) is 2.87. The lowest BCUT2D eigenvalue weighted by Gasteiger charge is -2.19. The summed E-state index contributed by atoms with van der Waals surface area (Å²) < 4.78 is 3.86. The highest BCUT2D eigenvalue weighted by atomic mass is 15.3. The van der Waals surface area contributed by atoms with Crippen molar-refractivity contribution in [2.24, 2.45) is 7.05 Å². The molecule has 2 unspecified atom stereocenters. The highest BCUT2D eigenvalue weighted by molar-refractivity contribution is 5.21. The molecule has 0 radical (unpaired) electrons. The van der Waals surface area contributed by atoms with Crippen LogP contribution < -0.4 is 5.32 Å². The molecular weight excluding hydrogens is 238 g/mol. The van der Waals surface area contributed by atoms with Crippen LogP contribution in [0.1, 0.15) is 49.7 Å². The predicted octanol–water partition coefficient (Wildman–Crippen LogP) is 2.36. The molecule has 19 heavy (non-hydrogen) atoms. The molecule has 2 atom stereocenters. The lowest BCUT2D eigenvalue weighted by Crippen LogP contribution is -2.22. The molecule has 0 aliphatic carbocycles. The Morgan fingerprint density at radius 3 is 2.47 bits per heavy atom. The quantitative estimate of drug-likeness (QED) is 0.898. The number of aryl methyl sites for hydroxylation is 2. The third-order valence-electron chi connectivity index (χ3n) is 3.72. The van der Waals surface area contributed by atoms with E-state index in [0.717, 1.165) is 6.54 Å². The fraction of sp³-hybridized carbons (Fsp3) is 0.571. The van der Waals surface area contributed by atoms with Crippen LogP contribution in [0.4, 0.5) is 0 Å². The first-order valence-corrected chi connectivity index (χ1v) is 6.79. The van der Waals surface area contributed by atoms with Crippen molar-refractivity contribution in [1.29, 1.82) is 0 Å². The molecule has 0 saturated heterocycles. The van der Waals surface area contributed by atoms with Gasteiger partial charge in [-0.25, -0.2) is 0 Å². The van der Waals surface area contributed by atoms with Gasteiger partial charge in [0.2, 0.25) is 0 Å². The highest BCUT2D eigenvalue weighted by Crippen LogP contribution is 2.21. The lowest BCUT2D eigenvalue weighted by molar-refractivity contribution is 0.492. The van der Waals surface area contributed by atoms with Gasteiger partial charge < -0.3 is 5.32 Å². The summed E-state index contributed by atoms with van der Waals surface area (Å²) in [4.78, 5) is 0. The maximum absolute atomic E-state index is 4.32. The van der Waals surface area contributed by atoms with E-state index in [-0.39, 0.29) is 12.1 Å². The number of hydrogen-bond donors (Lipinski definition) is 1. The van der Waals surface area contributed by atoms with Gasteiger partial charge in [0.1, 0.15) is 0 Å². The van der Waals surface area contributed by atoms with Gasteiger partial charge in [-0.15, -0.1) is 0 Å². The summed E-state index contributed by atoms with van der Waals surface area (Å²) in [5.41, 5.74) is 3.67. The largest absolute Gasteiger partial charge is 0.303 e. The molecule has 1 N–H and O–H groups in total. The van der Waals surface area contributed by atoms with Crippen LogP contribution >= 0.6 is 0 Å². The molecule has 2 rings (SSSR count). The summed E-state index contributed by atoms with van der Waals surface area (Å²) in [6.45, 7) is 9.44. The van der Waals surface area contributed by atoms with Crippen LogP contribution in [0.5, 0.6) is 0 Å². The monoisotopic (exact) mass is 261 g/mol. The Bertz CT molecular complexity index is 540. The van der Waals surface area contributed by atoms with Gasteiger partial charge in [0.25, 0.3) is 0 Å². The average Bonchev–Trinajstić information content (AvgIpc) is 2.98. The molecule has 0 amide bonds. The SMILES string of the molecule is CCn1cc(C(C)NC(C)c2cnn(C)c2C)cn1. The van der Waals surface area contributed by atoms with Crippen LogP contribution in [0, 0.1) is 6.92 Å². The topological polar surface area (TPSA) is 47.7 Å². The van der Waals surface area contributed by atoms with Gasteiger partial charge in [0, 0.05) is 48.7 Å². The zero-order chi connectivity index (χ0) is 14.0. The number of nitrogens with one attached hydrogen (secondary N) is 1. The van der Waals surface area contributed by atoms with Crippen LogP contribution in [0.3, 0.4) is 0 Å². The maximum atomic E-state index is 4.32. The Balaban J connectivity index is 2.06. The molecule has 0 bridgehead atoms. The van der Waals surface area contributed by atoms with Crippen molar-refractivity contribution in [3.8, 4) is 0 Å². The predicted molar refractivity (Wildman–Crippen MR) is 75.8 cm³/mol. The van der Waals surface area contributed by atoms with Gasteiger partial charge in [0.05, 0.1) is 12.4 Å². The van der Waals surface area contributed by atoms with E-state index >= 15 is 0 Å². The number of rotatable bonds is 5. The first-order valence-electron chi connectivity index (χ1n) is 6.79. The summed E-state index contributed by atoms with van der Waals surface area (Å²) in [6.07, 6.45) is 5.97. The Labute approximate surface area is 114 Å². The molecule has 2 aromatic heterocycles. The molecule has 5 heteroatoms. The number of hydrogen-bond acceptors (Lipinski definition) is 3. The van der Waals surface area contributed by atoms with Crippen LogP contribution in [0.15, 0.2) is 18.6 Å². The Kier molecular flexibility index (Phi) is 4.04. The van der Waals surface area contributed by atoms with Crippen molar-refractivity contribution in [2.75, 3.05) is 0 Å².